The molecule has 2 aromatic rings. The molecule has 100 valence electrons. The molecule has 0 spiro atoms. The van der Waals surface area contributed by atoms with E-state index in [2.05, 4.69) is 4.98 Å². The number of thiophene rings is 1. The highest BCUT2D eigenvalue weighted by Gasteiger charge is 2.15. The number of aromatic nitrogens is 1. The molecule has 0 saturated carbocycles. The fraction of sp³-hybridized carbons (Fsp3) is 0.286. The maximum atomic E-state index is 12.3. The van der Waals surface area contributed by atoms with Gasteiger partial charge in [-0.1, -0.05) is 11.6 Å². The van der Waals surface area contributed by atoms with Crippen LogP contribution in [0.15, 0.2) is 36.7 Å². The summed E-state index contributed by atoms with van der Waals surface area (Å²) in [6.45, 7) is 3.38. The number of hydrogen-bond acceptors (Lipinski definition) is 3. The van der Waals surface area contributed by atoms with Gasteiger partial charge in [-0.3, -0.25) is 9.78 Å². The zero-order valence-electron chi connectivity index (χ0n) is 10.7. The largest absolute Gasteiger partial charge is 0.338 e. The average Bonchev–Trinajstić information content (AvgIpc) is 2.87. The molecule has 2 heterocycles. The summed E-state index contributed by atoms with van der Waals surface area (Å²) >= 11 is 7.19. The summed E-state index contributed by atoms with van der Waals surface area (Å²) < 4.78 is 0.647. The van der Waals surface area contributed by atoms with Gasteiger partial charge in [0.15, 0.2) is 0 Å². The summed E-state index contributed by atoms with van der Waals surface area (Å²) in [5, 5.41) is 0. The molecule has 0 N–H and O–H groups in total. The SMILES string of the molecule is CCN(CCc1ccncc1)C(=O)c1ccc(Cl)s1. The van der Waals surface area contributed by atoms with Crippen LogP contribution in [0.4, 0.5) is 0 Å². The van der Waals surface area contributed by atoms with Gasteiger partial charge in [0.1, 0.15) is 0 Å². The van der Waals surface area contributed by atoms with Crippen molar-refractivity contribution in [3.8, 4) is 0 Å². The Morgan fingerprint density at radius 1 is 1.32 bits per heavy atom. The highest BCUT2D eigenvalue weighted by Crippen LogP contribution is 2.22. The predicted molar refractivity (Wildman–Crippen MR) is 78.8 cm³/mol. The summed E-state index contributed by atoms with van der Waals surface area (Å²) in [5.74, 6) is 0.0495. The van der Waals surface area contributed by atoms with Gasteiger partial charge in [-0.15, -0.1) is 11.3 Å². The molecule has 0 fully saturated rings. The van der Waals surface area contributed by atoms with Crippen molar-refractivity contribution in [1.29, 1.82) is 0 Å². The van der Waals surface area contributed by atoms with Crippen LogP contribution in [0.2, 0.25) is 4.34 Å². The van der Waals surface area contributed by atoms with Crippen LogP contribution in [0.3, 0.4) is 0 Å². The van der Waals surface area contributed by atoms with Crippen molar-refractivity contribution in [3.05, 3.63) is 51.4 Å². The summed E-state index contributed by atoms with van der Waals surface area (Å²) in [6, 6.07) is 7.49. The topological polar surface area (TPSA) is 33.2 Å². The van der Waals surface area contributed by atoms with Crippen molar-refractivity contribution in [1.82, 2.24) is 9.88 Å². The Morgan fingerprint density at radius 3 is 2.63 bits per heavy atom. The van der Waals surface area contributed by atoms with Crippen molar-refractivity contribution in [2.45, 2.75) is 13.3 Å². The van der Waals surface area contributed by atoms with Gasteiger partial charge in [-0.2, -0.15) is 0 Å². The number of rotatable bonds is 5. The van der Waals surface area contributed by atoms with Crippen molar-refractivity contribution < 1.29 is 4.79 Å². The first-order valence-corrected chi connectivity index (χ1v) is 7.33. The minimum atomic E-state index is 0.0495. The molecule has 5 heteroatoms. The maximum absolute atomic E-state index is 12.3. The van der Waals surface area contributed by atoms with Crippen LogP contribution >= 0.6 is 22.9 Å². The fourth-order valence-electron chi connectivity index (χ4n) is 1.80. The van der Waals surface area contributed by atoms with Crippen LogP contribution in [0.1, 0.15) is 22.2 Å². The quantitative estimate of drug-likeness (QED) is 0.845. The second kappa shape index (κ2) is 6.68. The van der Waals surface area contributed by atoms with E-state index in [0.29, 0.717) is 22.3 Å². The van der Waals surface area contributed by atoms with Crippen LogP contribution in [0.25, 0.3) is 0 Å². The normalized spacial score (nSPS) is 10.4. The van der Waals surface area contributed by atoms with Crippen molar-refractivity contribution in [2.24, 2.45) is 0 Å². The molecule has 2 aromatic heterocycles. The van der Waals surface area contributed by atoms with Crippen LogP contribution in [-0.2, 0) is 6.42 Å². The van der Waals surface area contributed by atoms with Crippen molar-refractivity contribution in [2.75, 3.05) is 13.1 Å². The van der Waals surface area contributed by atoms with Gasteiger partial charge in [0, 0.05) is 25.5 Å². The van der Waals surface area contributed by atoms with Crippen LogP contribution in [0, 0.1) is 0 Å². The van der Waals surface area contributed by atoms with Crippen molar-refractivity contribution in [3.63, 3.8) is 0 Å². The number of amides is 1. The van der Waals surface area contributed by atoms with Gasteiger partial charge in [0.25, 0.3) is 5.91 Å². The number of carbonyl (C=O) groups is 1. The van der Waals surface area contributed by atoms with Gasteiger partial charge in [-0.05, 0) is 43.2 Å². The number of hydrogen-bond donors (Lipinski definition) is 0. The van der Waals surface area contributed by atoms with E-state index >= 15 is 0 Å². The second-order valence-electron chi connectivity index (χ2n) is 4.09. The third-order valence-corrected chi connectivity index (χ3v) is 4.09. The van der Waals surface area contributed by atoms with E-state index in [0.717, 1.165) is 6.42 Å². The van der Waals surface area contributed by atoms with Gasteiger partial charge in [0.2, 0.25) is 0 Å². The Hall–Kier alpha value is -1.39. The number of likely N-dealkylation sites (N-methyl/N-ethyl adjacent to an activating group) is 1. The van der Waals surface area contributed by atoms with Gasteiger partial charge in [-0.25, -0.2) is 0 Å². The van der Waals surface area contributed by atoms with E-state index in [9.17, 15) is 4.79 Å². The Bertz CT molecular complexity index is 541. The Kier molecular flexibility index (Phi) is 4.93. The second-order valence-corrected chi connectivity index (χ2v) is 5.81. The van der Waals surface area contributed by atoms with Crippen LogP contribution in [-0.4, -0.2) is 28.9 Å². The highest BCUT2D eigenvalue weighted by molar-refractivity contribution is 7.17. The molecule has 0 unspecified atom stereocenters. The minimum Gasteiger partial charge on any atom is -0.338 e. The third-order valence-electron chi connectivity index (χ3n) is 2.87. The first kappa shape index (κ1) is 14.0. The minimum absolute atomic E-state index is 0.0495. The maximum Gasteiger partial charge on any atom is 0.263 e. The Balaban J connectivity index is 1.98. The molecule has 19 heavy (non-hydrogen) atoms. The van der Waals surface area contributed by atoms with Crippen molar-refractivity contribution >= 4 is 28.8 Å². The fourth-order valence-corrected chi connectivity index (χ4v) is 2.81. The molecule has 0 aliphatic heterocycles. The molecule has 0 atom stereocenters. The van der Waals surface area contributed by atoms with Crippen LogP contribution in [0.5, 0.6) is 0 Å². The molecule has 0 aromatic carbocycles. The summed E-state index contributed by atoms with van der Waals surface area (Å²) in [5.41, 5.74) is 1.19. The number of pyridine rings is 1. The summed E-state index contributed by atoms with van der Waals surface area (Å²) in [6.07, 6.45) is 4.38. The zero-order chi connectivity index (χ0) is 13.7. The molecule has 3 nitrogen and oxygen atoms in total. The molecule has 0 aliphatic rings. The predicted octanol–water partition coefficient (Wildman–Crippen LogP) is 3.50. The molecule has 0 aliphatic carbocycles. The van der Waals surface area contributed by atoms with Gasteiger partial charge < -0.3 is 4.90 Å². The molecular formula is C14H15ClN2OS. The summed E-state index contributed by atoms with van der Waals surface area (Å²) in [4.78, 5) is 18.8. The molecule has 2 rings (SSSR count). The van der Waals surface area contributed by atoms with Gasteiger partial charge in [0.05, 0.1) is 9.21 Å². The highest BCUT2D eigenvalue weighted by atomic mass is 35.5. The molecule has 0 saturated heterocycles. The summed E-state index contributed by atoms with van der Waals surface area (Å²) in [7, 11) is 0. The standard InChI is InChI=1S/C14H15ClN2OS/c1-2-17(10-7-11-5-8-16-9-6-11)14(18)12-3-4-13(15)19-12/h3-6,8-9H,2,7,10H2,1H3. The number of halogens is 1. The average molecular weight is 295 g/mol. The van der Waals surface area contributed by atoms with E-state index in [1.165, 1.54) is 16.9 Å². The molecule has 0 bridgehead atoms. The van der Waals surface area contributed by atoms with E-state index in [1.807, 2.05) is 24.0 Å². The lowest BCUT2D eigenvalue weighted by Gasteiger charge is -2.20. The van der Waals surface area contributed by atoms with E-state index in [-0.39, 0.29) is 5.91 Å². The van der Waals surface area contributed by atoms with Gasteiger partial charge >= 0.3 is 0 Å². The Labute approximate surface area is 121 Å². The Morgan fingerprint density at radius 2 is 2.05 bits per heavy atom. The lowest BCUT2D eigenvalue weighted by atomic mass is 10.2. The lowest BCUT2D eigenvalue weighted by Crippen LogP contribution is -2.32. The van der Waals surface area contributed by atoms with E-state index < -0.39 is 0 Å². The first-order valence-electron chi connectivity index (χ1n) is 6.14. The monoisotopic (exact) mass is 294 g/mol. The zero-order valence-corrected chi connectivity index (χ0v) is 12.2. The molecular weight excluding hydrogens is 280 g/mol. The molecule has 0 radical (unpaired) electrons. The van der Waals surface area contributed by atoms with Crippen LogP contribution < -0.4 is 0 Å². The third kappa shape index (κ3) is 3.78. The molecule has 1 amide bonds. The lowest BCUT2D eigenvalue weighted by molar-refractivity contribution is 0.0771. The number of nitrogens with zero attached hydrogens (tertiary/aromatic N) is 2. The first-order chi connectivity index (χ1) is 9.20. The smallest absolute Gasteiger partial charge is 0.263 e. The van der Waals surface area contributed by atoms with E-state index in [4.69, 9.17) is 11.6 Å². The van der Waals surface area contributed by atoms with E-state index in [1.54, 1.807) is 24.5 Å². The number of carbonyl (C=O) groups excluding carboxylic acids is 1.